The molecule has 2 atom stereocenters. The lowest BCUT2D eigenvalue weighted by atomic mass is 9.93. The number of piperazine rings is 1. The van der Waals surface area contributed by atoms with Gasteiger partial charge in [0.05, 0.1) is 0 Å². The molecule has 1 fully saturated rings. The van der Waals surface area contributed by atoms with Gasteiger partial charge in [0.15, 0.2) is 0 Å². The first-order valence-electron chi connectivity index (χ1n) is 15.7. The Bertz CT molecular complexity index is 1670. The number of aromatic nitrogens is 1. The predicted molar refractivity (Wildman–Crippen MR) is 174 cm³/mol. The largest absolute Gasteiger partial charge is 0.361 e. The van der Waals surface area contributed by atoms with Crippen LogP contribution in [-0.4, -0.2) is 52.6 Å². The van der Waals surface area contributed by atoms with Crippen molar-refractivity contribution >= 4 is 34.5 Å². The van der Waals surface area contributed by atoms with Crippen molar-refractivity contribution in [3.05, 3.63) is 106 Å². The fourth-order valence-electron chi connectivity index (χ4n) is 6.22. The molecule has 9 heteroatoms. The van der Waals surface area contributed by atoms with E-state index in [1.807, 2.05) is 36.5 Å². The normalized spacial score (nSPS) is 15.5. The highest BCUT2D eigenvalue weighted by Gasteiger charge is 2.35. The maximum absolute atomic E-state index is 13.7. The lowest BCUT2D eigenvalue weighted by Crippen LogP contribution is -2.57. The number of para-hydroxylation sites is 1. The number of rotatable bonds is 12. The van der Waals surface area contributed by atoms with Crippen LogP contribution in [0.3, 0.4) is 0 Å². The van der Waals surface area contributed by atoms with Crippen LogP contribution in [0.2, 0.25) is 0 Å². The van der Waals surface area contributed by atoms with Crippen LogP contribution in [0.4, 0.5) is 0 Å². The van der Waals surface area contributed by atoms with E-state index in [2.05, 4.69) is 53.8 Å². The van der Waals surface area contributed by atoms with Crippen molar-refractivity contribution in [1.29, 1.82) is 0 Å². The third-order valence-corrected chi connectivity index (χ3v) is 8.49. The number of aryl methyl sites for hydroxylation is 2. The van der Waals surface area contributed by atoms with Crippen LogP contribution in [0.1, 0.15) is 60.2 Å². The zero-order chi connectivity index (χ0) is 31.9. The number of H-pyrrole nitrogens is 1. The predicted octanol–water partition coefficient (Wildman–Crippen LogP) is 3.90. The van der Waals surface area contributed by atoms with Crippen molar-refractivity contribution in [2.24, 2.45) is 0 Å². The van der Waals surface area contributed by atoms with Crippen LogP contribution in [-0.2, 0) is 51.4 Å². The van der Waals surface area contributed by atoms with Gasteiger partial charge in [0.2, 0.25) is 17.7 Å². The van der Waals surface area contributed by atoms with E-state index in [0.29, 0.717) is 12.1 Å². The molecule has 9 nitrogen and oxygen atoms in total. The van der Waals surface area contributed by atoms with E-state index in [9.17, 15) is 19.2 Å². The van der Waals surface area contributed by atoms with Crippen molar-refractivity contribution in [1.82, 2.24) is 25.8 Å². The Kier molecular flexibility index (Phi) is 9.97. The highest BCUT2D eigenvalue weighted by Crippen LogP contribution is 2.22. The minimum atomic E-state index is -0.901. The third kappa shape index (κ3) is 7.25. The fraction of sp³-hybridized carbons (Fsp3) is 0.333. The van der Waals surface area contributed by atoms with E-state index < -0.39 is 18.0 Å². The minimum Gasteiger partial charge on any atom is -0.361 e. The van der Waals surface area contributed by atoms with Crippen molar-refractivity contribution in [2.45, 2.75) is 65.1 Å². The van der Waals surface area contributed by atoms with Gasteiger partial charge < -0.3 is 25.8 Å². The van der Waals surface area contributed by atoms with Gasteiger partial charge in [0.25, 0.3) is 5.91 Å². The molecule has 0 bridgehead atoms. The van der Waals surface area contributed by atoms with Crippen LogP contribution in [0.15, 0.2) is 72.9 Å². The summed E-state index contributed by atoms with van der Waals surface area (Å²) in [6.07, 6.45) is 4.89. The Morgan fingerprint density at radius 3 is 2.29 bits per heavy atom. The summed E-state index contributed by atoms with van der Waals surface area (Å²) in [6.45, 7) is 6.20. The first kappa shape index (κ1) is 31.5. The maximum atomic E-state index is 13.7. The first-order chi connectivity index (χ1) is 21.8. The number of nitrogens with zero attached hydrogens (tertiary/aromatic N) is 1. The molecule has 0 radical (unpaired) electrons. The molecule has 1 aliphatic rings. The number of benzene rings is 3. The van der Waals surface area contributed by atoms with E-state index in [1.165, 1.54) is 21.6 Å². The van der Waals surface area contributed by atoms with Crippen LogP contribution >= 0.6 is 0 Å². The van der Waals surface area contributed by atoms with Crippen LogP contribution in [0.25, 0.3) is 10.9 Å². The molecule has 1 aliphatic heterocycles. The van der Waals surface area contributed by atoms with Gasteiger partial charge in [0.1, 0.15) is 25.2 Å². The zero-order valence-corrected chi connectivity index (χ0v) is 26.1. The van der Waals surface area contributed by atoms with Gasteiger partial charge in [-0.2, -0.15) is 0 Å². The fourth-order valence-corrected chi connectivity index (χ4v) is 6.22. The van der Waals surface area contributed by atoms with Gasteiger partial charge >= 0.3 is 0 Å². The van der Waals surface area contributed by atoms with Gasteiger partial charge in [-0.15, -0.1) is 0 Å². The summed E-state index contributed by atoms with van der Waals surface area (Å²) in [5.41, 5.74) is 7.42. The summed E-state index contributed by atoms with van der Waals surface area (Å²) in [5.74, 6) is -1.56. The first-order valence-corrected chi connectivity index (χ1v) is 15.7. The number of hydrogen-bond acceptors (Lipinski definition) is 4. The lowest BCUT2D eigenvalue weighted by Gasteiger charge is -2.32. The lowest BCUT2D eigenvalue weighted by molar-refractivity contribution is -0.146. The molecule has 0 aliphatic carbocycles. The molecular weight excluding hydrogens is 566 g/mol. The summed E-state index contributed by atoms with van der Waals surface area (Å²) in [4.78, 5) is 57.4. The van der Waals surface area contributed by atoms with E-state index in [-0.39, 0.29) is 37.2 Å². The molecule has 1 saturated heterocycles. The summed E-state index contributed by atoms with van der Waals surface area (Å²) in [7, 11) is 0. The molecule has 2 unspecified atom stereocenters. The van der Waals surface area contributed by atoms with E-state index in [1.54, 1.807) is 24.3 Å². The number of hydrogen-bond donors (Lipinski definition) is 4. The number of nitrogens with one attached hydrogen (secondary N) is 4. The van der Waals surface area contributed by atoms with E-state index >= 15 is 0 Å². The second-order valence-electron chi connectivity index (χ2n) is 11.5. The Labute approximate surface area is 263 Å². The Balaban J connectivity index is 1.33. The van der Waals surface area contributed by atoms with E-state index in [4.69, 9.17) is 0 Å². The second-order valence-corrected chi connectivity index (χ2v) is 11.5. The molecule has 1 aromatic heterocycles. The molecule has 3 aromatic carbocycles. The number of fused-ring (bicyclic) bond motifs is 1. The summed E-state index contributed by atoms with van der Waals surface area (Å²) in [6, 6.07) is 19.3. The van der Waals surface area contributed by atoms with Gasteiger partial charge in [-0.25, -0.2) is 0 Å². The standard InChI is InChI=1S/C36H41N5O4/c1-4-24-16-23(17-25(5-2)28(24)6-3)19-38-35(44)31(18-27-20-37-30-15-11-10-14-29(27)30)39-32(42)21-41-22-33(43)40-34(36(41)45)26-12-8-7-9-13-26/h7-17,20,31,34,37H,4-6,18-19,21-22H2,1-3H3,(H,38,44)(H,39,42)(H,40,43). The highest BCUT2D eigenvalue weighted by atomic mass is 16.2. The molecule has 0 spiro atoms. The van der Waals surface area contributed by atoms with Gasteiger partial charge in [-0.3, -0.25) is 19.2 Å². The summed E-state index contributed by atoms with van der Waals surface area (Å²) >= 11 is 0. The molecule has 4 amide bonds. The number of carbonyl (C=O) groups excluding carboxylic acids is 4. The van der Waals surface area contributed by atoms with Crippen molar-refractivity contribution < 1.29 is 19.2 Å². The monoisotopic (exact) mass is 607 g/mol. The van der Waals surface area contributed by atoms with Crippen molar-refractivity contribution in [3.63, 3.8) is 0 Å². The van der Waals surface area contributed by atoms with Gasteiger partial charge in [-0.05, 0) is 58.7 Å². The van der Waals surface area contributed by atoms with Crippen LogP contribution in [0.5, 0.6) is 0 Å². The summed E-state index contributed by atoms with van der Waals surface area (Å²) < 4.78 is 0. The molecule has 4 aromatic rings. The molecule has 2 heterocycles. The maximum Gasteiger partial charge on any atom is 0.250 e. The van der Waals surface area contributed by atoms with Crippen LogP contribution < -0.4 is 16.0 Å². The van der Waals surface area contributed by atoms with Crippen LogP contribution in [0, 0.1) is 0 Å². The Hall–Kier alpha value is -4.92. The van der Waals surface area contributed by atoms with Crippen molar-refractivity contribution in [3.8, 4) is 0 Å². The highest BCUT2D eigenvalue weighted by molar-refractivity contribution is 5.98. The number of aromatic amines is 1. The topological polar surface area (TPSA) is 123 Å². The average Bonchev–Trinajstić information content (AvgIpc) is 3.47. The number of amides is 4. The number of carbonyl (C=O) groups is 4. The summed E-state index contributed by atoms with van der Waals surface area (Å²) in [5, 5.41) is 9.59. The SMILES string of the molecule is CCc1cc(CNC(=O)C(Cc2c[nH]c3ccccc23)NC(=O)CN2CC(=O)NC(c3ccccc3)C2=O)cc(CC)c1CC. The molecule has 45 heavy (non-hydrogen) atoms. The molecule has 5 rings (SSSR count). The molecule has 234 valence electrons. The zero-order valence-electron chi connectivity index (χ0n) is 26.1. The third-order valence-electron chi connectivity index (χ3n) is 8.49. The minimum absolute atomic E-state index is 0.234. The van der Waals surface area contributed by atoms with Gasteiger partial charge in [-0.1, -0.05) is 81.4 Å². The quantitative estimate of drug-likeness (QED) is 0.195. The molecule has 4 N–H and O–H groups in total. The molecule has 0 saturated carbocycles. The van der Waals surface area contributed by atoms with Gasteiger partial charge in [0, 0.05) is 30.1 Å². The van der Waals surface area contributed by atoms with Crippen molar-refractivity contribution in [2.75, 3.05) is 13.1 Å². The second kappa shape index (κ2) is 14.2. The average molecular weight is 608 g/mol. The van der Waals surface area contributed by atoms with E-state index in [0.717, 1.165) is 41.3 Å². The Morgan fingerprint density at radius 2 is 1.60 bits per heavy atom. The Morgan fingerprint density at radius 1 is 0.911 bits per heavy atom. The molecular formula is C36H41N5O4. The smallest absolute Gasteiger partial charge is 0.250 e.